The van der Waals surface area contributed by atoms with Crippen LogP contribution in [0, 0.1) is 35.4 Å². The molecule has 32 heavy (non-hydrogen) atoms. The van der Waals surface area contributed by atoms with E-state index in [0.717, 1.165) is 48.0 Å². The molecule has 0 aromatic heterocycles. The van der Waals surface area contributed by atoms with Crippen molar-refractivity contribution in [2.75, 3.05) is 6.61 Å². The molecule has 1 unspecified atom stereocenters. The molecule has 2 fully saturated rings. The standard InChI is InChI=1S/C29H42ClFO/c1-3-5-20-6-8-21(9-7-20)22-10-12-23(13-11-22)24-14-16-25(17-15-24)26-18-19-27(32-4-2)28(30)29(26)31/h16,18-24H,3-15,17H2,1-2H3. The van der Waals surface area contributed by atoms with E-state index in [1.165, 1.54) is 70.6 Å². The zero-order valence-corrected chi connectivity index (χ0v) is 20.9. The summed E-state index contributed by atoms with van der Waals surface area (Å²) >= 11 is 6.22. The van der Waals surface area contributed by atoms with E-state index in [9.17, 15) is 4.39 Å². The summed E-state index contributed by atoms with van der Waals surface area (Å²) in [5.41, 5.74) is 1.79. The molecule has 0 amide bonds. The van der Waals surface area contributed by atoms with Crippen LogP contribution in [0.4, 0.5) is 4.39 Å². The van der Waals surface area contributed by atoms with Gasteiger partial charge in [-0.05, 0) is 112 Å². The molecule has 0 bridgehead atoms. The van der Waals surface area contributed by atoms with Crippen LogP contribution in [0.3, 0.4) is 0 Å². The van der Waals surface area contributed by atoms with Crippen LogP contribution in [-0.2, 0) is 0 Å². The number of hydrogen-bond acceptors (Lipinski definition) is 1. The third-order valence-electron chi connectivity index (χ3n) is 8.88. The lowest BCUT2D eigenvalue weighted by molar-refractivity contribution is 0.121. The fraction of sp³-hybridized carbons (Fsp3) is 0.724. The fourth-order valence-corrected chi connectivity index (χ4v) is 7.24. The van der Waals surface area contributed by atoms with Crippen LogP contribution in [0.5, 0.6) is 5.75 Å². The molecule has 3 heteroatoms. The van der Waals surface area contributed by atoms with Gasteiger partial charge in [0.05, 0.1) is 6.61 Å². The highest BCUT2D eigenvalue weighted by atomic mass is 35.5. The Morgan fingerprint density at radius 1 is 0.875 bits per heavy atom. The van der Waals surface area contributed by atoms with Gasteiger partial charge in [-0.1, -0.05) is 50.3 Å². The highest BCUT2D eigenvalue weighted by Gasteiger charge is 2.33. The fourth-order valence-electron chi connectivity index (χ4n) is 7.02. The second kappa shape index (κ2) is 11.4. The van der Waals surface area contributed by atoms with Crippen molar-refractivity contribution in [1.29, 1.82) is 0 Å². The zero-order valence-electron chi connectivity index (χ0n) is 20.2. The van der Waals surface area contributed by atoms with Crippen LogP contribution in [0.1, 0.15) is 103 Å². The first-order valence-electron chi connectivity index (χ1n) is 13.4. The molecule has 178 valence electrons. The van der Waals surface area contributed by atoms with Crippen molar-refractivity contribution in [2.45, 2.75) is 97.3 Å². The van der Waals surface area contributed by atoms with Gasteiger partial charge in [0.15, 0.2) is 5.82 Å². The highest BCUT2D eigenvalue weighted by molar-refractivity contribution is 6.32. The number of rotatable bonds is 7. The van der Waals surface area contributed by atoms with Gasteiger partial charge in [0.25, 0.3) is 0 Å². The maximum Gasteiger partial charge on any atom is 0.153 e. The van der Waals surface area contributed by atoms with E-state index in [1.807, 2.05) is 19.1 Å². The van der Waals surface area contributed by atoms with Gasteiger partial charge in [-0.3, -0.25) is 0 Å². The number of hydrogen-bond donors (Lipinski definition) is 0. The lowest BCUT2D eigenvalue weighted by Gasteiger charge is -2.40. The molecule has 1 aromatic rings. The summed E-state index contributed by atoms with van der Waals surface area (Å²) in [4.78, 5) is 0. The summed E-state index contributed by atoms with van der Waals surface area (Å²) in [7, 11) is 0. The van der Waals surface area contributed by atoms with E-state index < -0.39 is 0 Å². The molecule has 0 aliphatic heterocycles. The quantitative estimate of drug-likeness (QED) is 0.393. The van der Waals surface area contributed by atoms with Gasteiger partial charge in [-0.15, -0.1) is 0 Å². The van der Waals surface area contributed by atoms with E-state index in [1.54, 1.807) is 0 Å². The van der Waals surface area contributed by atoms with E-state index in [2.05, 4.69) is 13.0 Å². The molecule has 0 heterocycles. The van der Waals surface area contributed by atoms with Gasteiger partial charge >= 0.3 is 0 Å². The summed E-state index contributed by atoms with van der Waals surface area (Å²) in [5, 5.41) is 0.120. The molecular formula is C29H42ClFO. The summed E-state index contributed by atoms with van der Waals surface area (Å²) in [5.74, 6) is 4.79. The van der Waals surface area contributed by atoms with E-state index >= 15 is 0 Å². The molecule has 0 spiro atoms. The minimum Gasteiger partial charge on any atom is -0.492 e. The molecule has 0 radical (unpaired) electrons. The second-order valence-corrected chi connectivity index (χ2v) is 11.1. The van der Waals surface area contributed by atoms with E-state index in [4.69, 9.17) is 16.3 Å². The molecule has 0 saturated heterocycles. The summed E-state index contributed by atoms with van der Waals surface area (Å²) in [6, 6.07) is 3.66. The summed E-state index contributed by atoms with van der Waals surface area (Å²) in [6.07, 6.45) is 20.0. The maximum atomic E-state index is 14.9. The van der Waals surface area contributed by atoms with Crippen molar-refractivity contribution in [3.8, 4) is 5.75 Å². The Kier molecular flexibility index (Phi) is 8.60. The lowest BCUT2D eigenvalue weighted by atomic mass is 9.65. The Balaban J connectivity index is 1.28. The molecule has 2 saturated carbocycles. The molecule has 3 aliphatic carbocycles. The first-order chi connectivity index (χ1) is 15.6. The summed E-state index contributed by atoms with van der Waals surface area (Å²) < 4.78 is 20.3. The topological polar surface area (TPSA) is 9.23 Å². The first kappa shape index (κ1) is 24.1. The number of benzene rings is 1. The van der Waals surface area contributed by atoms with Crippen molar-refractivity contribution < 1.29 is 9.13 Å². The van der Waals surface area contributed by atoms with Crippen LogP contribution in [0.2, 0.25) is 5.02 Å². The average Bonchev–Trinajstić information content (AvgIpc) is 2.83. The smallest absolute Gasteiger partial charge is 0.153 e. The van der Waals surface area contributed by atoms with Crippen LogP contribution in [-0.4, -0.2) is 6.61 Å². The lowest BCUT2D eigenvalue weighted by Crippen LogP contribution is -2.28. The Morgan fingerprint density at radius 2 is 1.50 bits per heavy atom. The van der Waals surface area contributed by atoms with Crippen molar-refractivity contribution in [2.24, 2.45) is 29.6 Å². The minimum absolute atomic E-state index is 0.120. The predicted molar refractivity (Wildman–Crippen MR) is 134 cm³/mol. The maximum absolute atomic E-state index is 14.9. The van der Waals surface area contributed by atoms with Crippen molar-refractivity contribution >= 4 is 17.2 Å². The van der Waals surface area contributed by atoms with Gasteiger partial charge in [-0.2, -0.15) is 0 Å². The van der Waals surface area contributed by atoms with E-state index in [0.29, 0.717) is 17.9 Å². The number of allylic oxidation sites excluding steroid dienone is 2. The van der Waals surface area contributed by atoms with Crippen molar-refractivity contribution in [3.05, 3.63) is 34.6 Å². The third kappa shape index (κ3) is 5.54. The monoisotopic (exact) mass is 460 g/mol. The Hall–Kier alpha value is -1.02. The molecule has 3 aliphatic rings. The summed E-state index contributed by atoms with van der Waals surface area (Å²) in [6.45, 7) is 4.71. The SMILES string of the molecule is CCCC1CCC(C2CCC(C3CC=C(c4ccc(OCC)c(Cl)c4F)CC3)CC2)CC1. The minimum atomic E-state index is -0.323. The largest absolute Gasteiger partial charge is 0.492 e. The van der Waals surface area contributed by atoms with E-state index in [-0.39, 0.29) is 10.8 Å². The third-order valence-corrected chi connectivity index (χ3v) is 9.23. The normalized spacial score (nSPS) is 31.2. The molecule has 1 nitrogen and oxygen atoms in total. The van der Waals surface area contributed by atoms with Gasteiger partial charge < -0.3 is 4.74 Å². The highest BCUT2D eigenvalue weighted by Crippen LogP contribution is 2.46. The molecule has 0 N–H and O–H groups in total. The average molecular weight is 461 g/mol. The molecule has 1 atom stereocenters. The number of halogens is 2. The van der Waals surface area contributed by atoms with Crippen molar-refractivity contribution in [1.82, 2.24) is 0 Å². The van der Waals surface area contributed by atoms with Crippen LogP contribution in [0.15, 0.2) is 18.2 Å². The predicted octanol–water partition coefficient (Wildman–Crippen LogP) is 9.47. The second-order valence-electron chi connectivity index (χ2n) is 10.7. The van der Waals surface area contributed by atoms with Gasteiger partial charge in [0.2, 0.25) is 0 Å². The Labute approximate surface area is 200 Å². The molecule has 4 rings (SSSR count). The van der Waals surface area contributed by atoms with Gasteiger partial charge in [0.1, 0.15) is 10.8 Å². The molecular weight excluding hydrogens is 419 g/mol. The zero-order chi connectivity index (χ0) is 22.5. The van der Waals surface area contributed by atoms with Gasteiger partial charge in [0, 0.05) is 5.56 Å². The Bertz CT molecular complexity index is 772. The first-order valence-corrected chi connectivity index (χ1v) is 13.8. The van der Waals surface area contributed by atoms with Crippen LogP contribution < -0.4 is 4.74 Å². The van der Waals surface area contributed by atoms with Crippen LogP contribution >= 0.6 is 11.6 Å². The van der Waals surface area contributed by atoms with Crippen molar-refractivity contribution in [3.63, 3.8) is 0 Å². The number of ether oxygens (including phenoxy) is 1. The van der Waals surface area contributed by atoms with Gasteiger partial charge in [-0.25, -0.2) is 4.39 Å². The molecule has 1 aromatic carbocycles. The van der Waals surface area contributed by atoms with Crippen LogP contribution in [0.25, 0.3) is 5.57 Å². The Morgan fingerprint density at radius 3 is 2.06 bits per heavy atom.